The van der Waals surface area contributed by atoms with Gasteiger partial charge in [-0.15, -0.1) is 0 Å². The highest BCUT2D eigenvalue weighted by atomic mass is 35.5. The molecular formula is C18H18ClFN2O2. The summed E-state index contributed by atoms with van der Waals surface area (Å²) in [6, 6.07) is 11.9. The summed E-state index contributed by atoms with van der Waals surface area (Å²) in [6.07, 6.45) is 3.51. The van der Waals surface area contributed by atoms with Gasteiger partial charge in [-0.3, -0.25) is 0 Å². The number of nitrogens with two attached hydrogens (primary N) is 1. The number of hydrogen-bond donors (Lipinski definition) is 2. The monoisotopic (exact) mass is 348 g/mol. The quantitative estimate of drug-likeness (QED) is 0.601. The van der Waals surface area contributed by atoms with E-state index in [2.05, 4.69) is 5.32 Å². The summed E-state index contributed by atoms with van der Waals surface area (Å²) in [4.78, 5) is 11.5. The van der Waals surface area contributed by atoms with Crippen LogP contribution in [0.2, 0.25) is 5.02 Å². The van der Waals surface area contributed by atoms with Gasteiger partial charge in [0.15, 0.2) is 0 Å². The molecule has 0 radical (unpaired) electrons. The van der Waals surface area contributed by atoms with Crippen molar-refractivity contribution in [1.29, 1.82) is 0 Å². The van der Waals surface area contributed by atoms with Gasteiger partial charge in [0.1, 0.15) is 12.4 Å². The number of amides is 1. The largest absolute Gasteiger partial charge is 0.445 e. The van der Waals surface area contributed by atoms with Crippen LogP contribution in [0.1, 0.15) is 17.5 Å². The number of anilines is 1. The number of carbonyl (C=O) groups excluding carboxylic acids is 1. The van der Waals surface area contributed by atoms with Crippen molar-refractivity contribution in [3.8, 4) is 0 Å². The lowest BCUT2D eigenvalue weighted by Crippen LogP contribution is -2.24. The van der Waals surface area contributed by atoms with E-state index in [0.717, 1.165) is 5.56 Å². The number of alkyl carbamates (subject to hydrolysis) is 1. The van der Waals surface area contributed by atoms with Crippen LogP contribution < -0.4 is 11.1 Å². The molecule has 0 aliphatic carbocycles. The molecule has 1 amide bonds. The Labute approximate surface area is 145 Å². The molecule has 0 unspecified atom stereocenters. The highest BCUT2D eigenvalue weighted by Crippen LogP contribution is 2.25. The van der Waals surface area contributed by atoms with E-state index in [1.54, 1.807) is 12.2 Å². The molecule has 0 heterocycles. The number of nitrogen functional groups attached to an aromatic ring is 1. The Bertz CT molecular complexity index is 720. The average Bonchev–Trinajstić information content (AvgIpc) is 2.57. The summed E-state index contributed by atoms with van der Waals surface area (Å²) >= 11 is 5.81. The van der Waals surface area contributed by atoms with Crippen molar-refractivity contribution in [2.45, 2.75) is 13.0 Å². The first-order valence-electron chi connectivity index (χ1n) is 7.42. The molecule has 126 valence electrons. The Morgan fingerprint density at radius 1 is 1.29 bits per heavy atom. The second-order valence-electron chi connectivity index (χ2n) is 5.07. The molecule has 0 saturated carbocycles. The van der Waals surface area contributed by atoms with Crippen LogP contribution in [0.5, 0.6) is 0 Å². The van der Waals surface area contributed by atoms with E-state index >= 15 is 0 Å². The van der Waals surface area contributed by atoms with Gasteiger partial charge < -0.3 is 15.8 Å². The Morgan fingerprint density at radius 2 is 2.04 bits per heavy atom. The predicted octanol–water partition coefficient (Wildman–Crippen LogP) is 4.39. The maximum Gasteiger partial charge on any atom is 0.407 e. The highest BCUT2D eigenvalue weighted by molar-refractivity contribution is 6.33. The second-order valence-corrected chi connectivity index (χ2v) is 5.48. The van der Waals surface area contributed by atoms with Crippen LogP contribution in [0.4, 0.5) is 14.9 Å². The molecule has 4 nitrogen and oxygen atoms in total. The first kappa shape index (κ1) is 17.8. The van der Waals surface area contributed by atoms with Crippen LogP contribution in [-0.4, -0.2) is 12.6 Å². The van der Waals surface area contributed by atoms with E-state index in [9.17, 15) is 9.18 Å². The number of benzene rings is 2. The molecular weight excluding hydrogens is 331 g/mol. The molecule has 3 N–H and O–H groups in total. The Balaban J connectivity index is 1.72. The fourth-order valence-electron chi connectivity index (χ4n) is 1.98. The maximum absolute atomic E-state index is 13.3. The number of rotatable bonds is 6. The zero-order valence-electron chi connectivity index (χ0n) is 13.0. The molecule has 2 aromatic carbocycles. The molecule has 6 heteroatoms. The van der Waals surface area contributed by atoms with Crippen LogP contribution in [0.3, 0.4) is 0 Å². The third-order valence-corrected chi connectivity index (χ3v) is 3.53. The molecule has 0 aliphatic rings. The van der Waals surface area contributed by atoms with E-state index < -0.39 is 11.9 Å². The number of carbonyl (C=O) groups is 1. The normalized spacial score (nSPS) is 10.8. The van der Waals surface area contributed by atoms with Crippen molar-refractivity contribution >= 4 is 29.5 Å². The van der Waals surface area contributed by atoms with Crippen LogP contribution in [-0.2, 0) is 11.3 Å². The number of hydrogen-bond acceptors (Lipinski definition) is 3. The number of halogens is 2. The van der Waals surface area contributed by atoms with Crippen molar-refractivity contribution in [3.05, 3.63) is 70.5 Å². The molecule has 24 heavy (non-hydrogen) atoms. The molecule has 2 rings (SSSR count). The minimum absolute atomic E-state index is 0.178. The number of nitrogens with one attached hydrogen (secondary N) is 1. The van der Waals surface area contributed by atoms with E-state index in [4.69, 9.17) is 22.1 Å². The molecule has 0 atom stereocenters. The van der Waals surface area contributed by atoms with Gasteiger partial charge in [0.25, 0.3) is 0 Å². The smallest absolute Gasteiger partial charge is 0.407 e. The summed E-state index contributed by atoms with van der Waals surface area (Å²) in [5, 5.41) is 2.81. The first-order valence-corrected chi connectivity index (χ1v) is 7.79. The van der Waals surface area contributed by atoms with Gasteiger partial charge in [0.05, 0.1) is 10.7 Å². The van der Waals surface area contributed by atoms with E-state index in [0.29, 0.717) is 24.2 Å². The standard InChI is InChI=1S/C18H18ClFN2O2/c19-16-11-15(20)10-14(17(16)21)8-4-5-9-22-18(23)24-12-13-6-2-1-3-7-13/h1-4,6-8,10-11H,5,9,12,21H2,(H,22,23). The second kappa shape index (κ2) is 8.93. The van der Waals surface area contributed by atoms with Crippen molar-refractivity contribution in [2.24, 2.45) is 0 Å². The van der Waals surface area contributed by atoms with Gasteiger partial charge in [-0.1, -0.05) is 54.1 Å². The summed E-state index contributed by atoms with van der Waals surface area (Å²) in [5.41, 5.74) is 7.52. The van der Waals surface area contributed by atoms with Crippen LogP contribution in [0.25, 0.3) is 6.08 Å². The minimum Gasteiger partial charge on any atom is -0.445 e. The van der Waals surface area contributed by atoms with Gasteiger partial charge in [-0.25, -0.2) is 9.18 Å². The van der Waals surface area contributed by atoms with Crippen molar-refractivity contribution < 1.29 is 13.9 Å². The lowest BCUT2D eigenvalue weighted by molar-refractivity contribution is 0.140. The molecule has 0 bridgehead atoms. The molecule has 0 spiro atoms. The number of ether oxygens (including phenoxy) is 1. The molecule has 0 fully saturated rings. The van der Waals surface area contributed by atoms with Gasteiger partial charge >= 0.3 is 6.09 Å². The third kappa shape index (κ3) is 5.59. The molecule has 2 aromatic rings. The van der Waals surface area contributed by atoms with Crippen LogP contribution >= 0.6 is 11.6 Å². The third-order valence-electron chi connectivity index (χ3n) is 3.22. The fourth-order valence-corrected chi connectivity index (χ4v) is 2.20. The Morgan fingerprint density at radius 3 is 2.79 bits per heavy atom. The average molecular weight is 349 g/mol. The lowest BCUT2D eigenvalue weighted by Gasteiger charge is -2.06. The van der Waals surface area contributed by atoms with E-state index in [1.165, 1.54) is 12.1 Å². The Kier molecular flexibility index (Phi) is 6.63. The van der Waals surface area contributed by atoms with Gasteiger partial charge in [0.2, 0.25) is 0 Å². The zero-order chi connectivity index (χ0) is 17.4. The Hall–Kier alpha value is -2.53. The summed E-state index contributed by atoms with van der Waals surface area (Å²) in [5.74, 6) is -0.448. The van der Waals surface area contributed by atoms with Crippen LogP contribution in [0.15, 0.2) is 48.5 Å². The lowest BCUT2D eigenvalue weighted by atomic mass is 10.1. The topological polar surface area (TPSA) is 64.3 Å². The van der Waals surface area contributed by atoms with Crippen molar-refractivity contribution in [2.75, 3.05) is 12.3 Å². The zero-order valence-corrected chi connectivity index (χ0v) is 13.7. The summed E-state index contributed by atoms with van der Waals surface area (Å²) in [7, 11) is 0. The fraction of sp³-hybridized carbons (Fsp3) is 0.167. The van der Waals surface area contributed by atoms with Crippen molar-refractivity contribution in [1.82, 2.24) is 5.32 Å². The van der Waals surface area contributed by atoms with Gasteiger partial charge in [-0.05, 0) is 24.1 Å². The maximum atomic E-state index is 13.3. The summed E-state index contributed by atoms with van der Waals surface area (Å²) in [6.45, 7) is 0.619. The summed E-state index contributed by atoms with van der Waals surface area (Å²) < 4.78 is 18.3. The SMILES string of the molecule is Nc1c(Cl)cc(F)cc1C=CCCNC(=O)OCc1ccccc1. The van der Waals surface area contributed by atoms with Crippen molar-refractivity contribution in [3.63, 3.8) is 0 Å². The highest BCUT2D eigenvalue weighted by Gasteiger charge is 2.04. The van der Waals surface area contributed by atoms with E-state index in [1.807, 2.05) is 30.3 Å². The van der Waals surface area contributed by atoms with Gasteiger partial charge in [0, 0.05) is 12.1 Å². The van der Waals surface area contributed by atoms with Crippen LogP contribution in [0, 0.1) is 5.82 Å². The molecule has 0 saturated heterocycles. The predicted molar refractivity (Wildman–Crippen MR) is 94.1 cm³/mol. The molecule has 0 aliphatic heterocycles. The first-order chi connectivity index (χ1) is 11.6. The minimum atomic E-state index is -0.486. The molecule has 0 aromatic heterocycles. The van der Waals surface area contributed by atoms with E-state index in [-0.39, 0.29) is 11.6 Å². The van der Waals surface area contributed by atoms with Gasteiger partial charge in [-0.2, -0.15) is 0 Å².